The molecule has 4 rings (SSSR count). The minimum atomic E-state index is 0.735. The van der Waals surface area contributed by atoms with Crippen molar-refractivity contribution in [2.45, 2.75) is 0 Å². The summed E-state index contributed by atoms with van der Waals surface area (Å²) in [5, 5.41) is 4.21. The van der Waals surface area contributed by atoms with Crippen LogP contribution in [0.15, 0.2) is 61.1 Å². The van der Waals surface area contributed by atoms with E-state index in [0.29, 0.717) is 0 Å². The molecule has 1 N–H and O–H groups in total. The van der Waals surface area contributed by atoms with E-state index in [9.17, 15) is 0 Å². The van der Waals surface area contributed by atoms with Crippen molar-refractivity contribution in [3.8, 4) is 17.1 Å². The molecule has 0 aliphatic rings. The zero-order valence-corrected chi connectivity index (χ0v) is 10.6. The summed E-state index contributed by atoms with van der Waals surface area (Å²) in [5.41, 5.74) is 3.73. The van der Waals surface area contributed by atoms with Crippen LogP contribution in [0.25, 0.3) is 28.2 Å². The second-order valence-corrected chi connectivity index (χ2v) is 4.46. The first-order chi connectivity index (χ1) is 9.90. The summed E-state index contributed by atoms with van der Waals surface area (Å²) < 4.78 is 1.82. The van der Waals surface area contributed by atoms with E-state index in [1.165, 1.54) is 0 Å². The van der Waals surface area contributed by atoms with E-state index in [0.717, 1.165) is 28.2 Å². The molecule has 0 amide bonds. The molecule has 0 fully saturated rings. The summed E-state index contributed by atoms with van der Waals surface area (Å²) in [5.74, 6) is 0.825. The summed E-state index contributed by atoms with van der Waals surface area (Å²) in [6.45, 7) is 0. The van der Waals surface area contributed by atoms with Crippen LogP contribution < -0.4 is 0 Å². The standard InChI is InChI=1S/C15H11N5/c1-3-13-15(16-8-1)19-14(18-13)11-4-6-12(7-5-11)20-10-2-9-17-20/h1-10H,(H,16,18,19). The summed E-state index contributed by atoms with van der Waals surface area (Å²) in [7, 11) is 0. The summed E-state index contributed by atoms with van der Waals surface area (Å²) in [4.78, 5) is 12.0. The third-order valence-electron chi connectivity index (χ3n) is 3.17. The average Bonchev–Trinajstić information content (AvgIpc) is 3.17. The fraction of sp³-hybridized carbons (Fsp3) is 0. The van der Waals surface area contributed by atoms with E-state index < -0.39 is 0 Å². The fourth-order valence-corrected chi connectivity index (χ4v) is 2.18. The molecular formula is C15H11N5. The number of aromatic amines is 1. The van der Waals surface area contributed by atoms with Crippen LogP contribution in [-0.2, 0) is 0 Å². The van der Waals surface area contributed by atoms with Crippen molar-refractivity contribution in [3.63, 3.8) is 0 Å². The highest BCUT2D eigenvalue weighted by atomic mass is 15.3. The lowest BCUT2D eigenvalue weighted by Gasteiger charge is -2.02. The van der Waals surface area contributed by atoms with Gasteiger partial charge in [0.05, 0.1) is 11.2 Å². The number of nitrogens with zero attached hydrogens (tertiary/aromatic N) is 4. The first-order valence-corrected chi connectivity index (χ1v) is 6.31. The monoisotopic (exact) mass is 261 g/mol. The van der Waals surface area contributed by atoms with Crippen LogP contribution in [0.5, 0.6) is 0 Å². The molecule has 96 valence electrons. The second-order valence-electron chi connectivity index (χ2n) is 4.46. The molecule has 0 unspecified atom stereocenters. The van der Waals surface area contributed by atoms with E-state index in [1.807, 2.05) is 53.3 Å². The Morgan fingerprint density at radius 1 is 0.950 bits per heavy atom. The van der Waals surface area contributed by atoms with Crippen LogP contribution >= 0.6 is 0 Å². The molecule has 0 aliphatic carbocycles. The Labute approximate surface area is 114 Å². The predicted molar refractivity (Wildman–Crippen MR) is 76.4 cm³/mol. The first kappa shape index (κ1) is 10.9. The number of fused-ring (bicyclic) bond motifs is 1. The maximum absolute atomic E-state index is 4.49. The van der Waals surface area contributed by atoms with Crippen molar-refractivity contribution in [2.75, 3.05) is 0 Å². The molecule has 0 spiro atoms. The molecule has 20 heavy (non-hydrogen) atoms. The Morgan fingerprint density at radius 3 is 2.60 bits per heavy atom. The Bertz CT molecular complexity index is 811. The van der Waals surface area contributed by atoms with Gasteiger partial charge in [0, 0.05) is 24.2 Å². The van der Waals surface area contributed by atoms with E-state index >= 15 is 0 Å². The summed E-state index contributed by atoms with van der Waals surface area (Å²) in [6.07, 6.45) is 5.42. The van der Waals surface area contributed by atoms with Gasteiger partial charge in [-0.3, -0.25) is 0 Å². The van der Waals surface area contributed by atoms with E-state index in [2.05, 4.69) is 20.1 Å². The molecule has 5 nitrogen and oxygen atoms in total. The highest BCUT2D eigenvalue weighted by Crippen LogP contribution is 2.20. The van der Waals surface area contributed by atoms with Gasteiger partial charge in [-0.25, -0.2) is 14.6 Å². The van der Waals surface area contributed by atoms with E-state index in [-0.39, 0.29) is 0 Å². The fourth-order valence-electron chi connectivity index (χ4n) is 2.18. The molecule has 0 aliphatic heterocycles. The first-order valence-electron chi connectivity index (χ1n) is 6.31. The van der Waals surface area contributed by atoms with Crippen LogP contribution in [0.4, 0.5) is 0 Å². The molecule has 5 heteroatoms. The van der Waals surface area contributed by atoms with Gasteiger partial charge in [-0.15, -0.1) is 0 Å². The number of H-pyrrole nitrogens is 1. The molecule has 0 atom stereocenters. The molecule has 4 aromatic rings. The second kappa shape index (κ2) is 4.31. The largest absolute Gasteiger partial charge is 0.337 e. The minimum absolute atomic E-state index is 0.735. The lowest BCUT2D eigenvalue weighted by molar-refractivity contribution is 0.880. The molecule has 0 bridgehead atoms. The molecule has 0 saturated heterocycles. The number of imidazole rings is 1. The van der Waals surface area contributed by atoms with Gasteiger partial charge in [0.25, 0.3) is 0 Å². The quantitative estimate of drug-likeness (QED) is 0.603. The number of nitrogens with one attached hydrogen (secondary N) is 1. The van der Waals surface area contributed by atoms with Crippen LogP contribution in [0.1, 0.15) is 0 Å². The van der Waals surface area contributed by atoms with Gasteiger partial charge in [0.2, 0.25) is 0 Å². The number of benzene rings is 1. The lowest BCUT2D eigenvalue weighted by Crippen LogP contribution is -1.93. The summed E-state index contributed by atoms with van der Waals surface area (Å²) >= 11 is 0. The van der Waals surface area contributed by atoms with Crippen molar-refractivity contribution >= 4 is 11.2 Å². The van der Waals surface area contributed by atoms with Gasteiger partial charge < -0.3 is 4.98 Å². The summed E-state index contributed by atoms with van der Waals surface area (Å²) in [6, 6.07) is 13.8. The van der Waals surface area contributed by atoms with Gasteiger partial charge in [-0.1, -0.05) is 0 Å². The molecule has 3 heterocycles. The van der Waals surface area contributed by atoms with Crippen molar-refractivity contribution < 1.29 is 0 Å². The van der Waals surface area contributed by atoms with Crippen molar-refractivity contribution in [2.24, 2.45) is 0 Å². The molecule has 0 radical (unpaired) electrons. The third-order valence-corrected chi connectivity index (χ3v) is 3.17. The minimum Gasteiger partial charge on any atom is -0.337 e. The zero-order chi connectivity index (χ0) is 13.4. The third kappa shape index (κ3) is 1.76. The molecular weight excluding hydrogens is 250 g/mol. The maximum Gasteiger partial charge on any atom is 0.178 e. The van der Waals surface area contributed by atoms with Crippen LogP contribution in [0, 0.1) is 0 Å². The van der Waals surface area contributed by atoms with Gasteiger partial charge in [-0.2, -0.15) is 5.10 Å². The van der Waals surface area contributed by atoms with Gasteiger partial charge >= 0.3 is 0 Å². The lowest BCUT2D eigenvalue weighted by atomic mass is 10.2. The van der Waals surface area contributed by atoms with Crippen molar-refractivity contribution in [1.29, 1.82) is 0 Å². The highest BCUT2D eigenvalue weighted by molar-refractivity contribution is 5.75. The Hall–Kier alpha value is -2.95. The predicted octanol–water partition coefficient (Wildman–Crippen LogP) is 2.81. The highest BCUT2D eigenvalue weighted by Gasteiger charge is 2.05. The SMILES string of the molecule is c1cnc2nc(-c3ccc(-n4cccn4)cc3)[nH]c2c1. The molecule has 1 aromatic carbocycles. The number of hydrogen-bond acceptors (Lipinski definition) is 3. The van der Waals surface area contributed by atoms with Gasteiger partial charge in [0.1, 0.15) is 5.82 Å². The van der Waals surface area contributed by atoms with Crippen molar-refractivity contribution in [3.05, 3.63) is 61.1 Å². The van der Waals surface area contributed by atoms with E-state index in [4.69, 9.17) is 0 Å². The number of aromatic nitrogens is 5. The zero-order valence-electron chi connectivity index (χ0n) is 10.6. The maximum atomic E-state index is 4.49. The Morgan fingerprint density at radius 2 is 1.85 bits per heavy atom. The molecule has 0 saturated carbocycles. The van der Waals surface area contributed by atoms with Crippen LogP contribution in [0.2, 0.25) is 0 Å². The smallest absolute Gasteiger partial charge is 0.178 e. The molecule has 3 aromatic heterocycles. The Kier molecular flexibility index (Phi) is 2.35. The number of pyridine rings is 1. The van der Waals surface area contributed by atoms with Crippen molar-refractivity contribution in [1.82, 2.24) is 24.7 Å². The number of rotatable bonds is 2. The average molecular weight is 261 g/mol. The Balaban J connectivity index is 1.75. The topological polar surface area (TPSA) is 59.4 Å². The van der Waals surface area contributed by atoms with Gasteiger partial charge in [-0.05, 0) is 42.5 Å². The van der Waals surface area contributed by atoms with Crippen LogP contribution in [-0.4, -0.2) is 24.7 Å². The van der Waals surface area contributed by atoms with E-state index in [1.54, 1.807) is 12.4 Å². The normalized spacial score (nSPS) is 11.0. The number of hydrogen-bond donors (Lipinski definition) is 1. The van der Waals surface area contributed by atoms with Crippen LogP contribution in [0.3, 0.4) is 0 Å². The van der Waals surface area contributed by atoms with Gasteiger partial charge in [0.15, 0.2) is 5.65 Å².